The van der Waals surface area contributed by atoms with Crippen molar-refractivity contribution in [3.05, 3.63) is 29.8 Å². The summed E-state index contributed by atoms with van der Waals surface area (Å²) >= 11 is 0. The number of hydrogen-bond acceptors (Lipinski definition) is 5. The van der Waals surface area contributed by atoms with Crippen LogP contribution in [0.4, 0.5) is 0 Å². The summed E-state index contributed by atoms with van der Waals surface area (Å²) in [4.78, 5) is 22.6. The number of amides is 1. The van der Waals surface area contributed by atoms with Crippen molar-refractivity contribution in [3.63, 3.8) is 0 Å². The van der Waals surface area contributed by atoms with E-state index in [1.165, 1.54) is 13.2 Å². The quantitative estimate of drug-likeness (QED) is 0.469. The molecular weight excluding hydrogens is 345 g/mol. The second kappa shape index (κ2) is 11.3. The van der Waals surface area contributed by atoms with Crippen molar-refractivity contribution in [1.29, 1.82) is 0 Å². The van der Waals surface area contributed by atoms with Gasteiger partial charge in [0, 0.05) is 12.1 Å². The maximum Gasteiger partial charge on any atom is 1.00 e. The number of hydrogen-bond donors (Lipinski definition) is 1. The number of nitrogens with one attached hydrogen (secondary N) is 1. The third-order valence-electron chi connectivity index (χ3n) is 4.32. The first kappa shape index (κ1) is 22.5. The zero-order chi connectivity index (χ0) is 18.2. The molecular formula is C19H24NNaO5. The average molecular weight is 369 g/mol. The molecule has 1 saturated carbocycles. The maximum absolute atomic E-state index is 12.0. The first-order valence-electron chi connectivity index (χ1n) is 8.47. The predicted molar refractivity (Wildman–Crippen MR) is 92.1 cm³/mol. The number of carbonyl (C=O) groups excluding carboxylic acids is 2. The van der Waals surface area contributed by atoms with E-state index < -0.39 is 12.6 Å². The molecule has 0 aromatic heterocycles. The molecule has 136 valence electrons. The van der Waals surface area contributed by atoms with E-state index in [0.717, 1.165) is 31.6 Å². The van der Waals surface area contributed by atoms with Crippen LogP contribution in [-0.2, 0) is 9.59 Å². The molecule has 1 N–H and O–H groups in total. The maximum atomic E-state index is 12.0. The number of ether oxygens (including phenoxy) is 2. The summed E-state index contributed by atoms with van der Waals surface area (Å²) in [7, 11) is 1.47. The van der Waals surface area contributed by atoms with Crippen molar-refractivity contribution in [3.8, 4) is 11.5 Å². The van der Waals surface area contributed by atoms with E-state index in [1.807, 2.05) is 0 Å². The van der Waals surface area contributed by atoms with E-state index in [9.17, 15) is 14.7 Å². The standard InChI is InChI=1S/C19H25NO5.Na/c1-13-3-7-15(8-4-13)20-18(21)10-6-14-5-9-16(24-2)17(11-14)25-12-19(22)23;/h5-6,9-11,13,15H,3-4,7-8,12H2,1-2H3,(H,20,21)(H,22,23);/q;+1/p-1. The van der Waals surface area contributed by atoms with E-state index in [-0.39, 0.29) is 47.3 Å². The van der Waals surface area contributed by atoms with Crippen molar-refractivity contribution < 1.29 is 53.7 Å². The summed E-state index contributed by atoms with van der Waals surface area (Å²) in [6.45, 7) is 1.67. The van der Waals surface area contributed by atoms with Crippen molar-refractivity contribution in [2.45, 2.75) is 38.6 Å². The Kier molecular flexibility index (Phi) is 9.76. The molecule has 0 heterocycles. The number of carboxylic acids is 1. The molecule has 1 fully saturated rings. The topological polar surface area (TPSA) is 87.7 Å². The molecule has 0 spiro atoms. The minimum absolute atomic E-state index is 0. The van der Waals surface area contributed by atoms with Crippen molar-refractivity contribution in [2.75, 3.05) is 13.7 Å². The molecule has 1 aliphatic carbocycles. The fraction of sp³-hybridized carbons (Fsp3) is 0.474. The Labute approximate surface area is 176 Å². The van der Waals surface area contributed by atoms with E-state index >= 15 is 0 Å². The molecule has 0 aliphatic heterocycles. The van der Waals surface area contributed by atoms with Crippen molar-refractivity contribution >= 4 is 18.0 Å². The largest absolute Gasteiger partial charge is 1.00 e. The molecule has 1 aliphatic rings. The van der Waals surface area contributed by atoms with Crippen LogP contribution in [0.5, 0.6) is 11.5 Å². The molecule has 1 aromatic carbocycles. The number of aliphatic carboxylic acids is 1. The van der Waals surface area contributed by atoms with Gasteiger partial charge >= 0.3 is 29.6 Å². The van der Waals surface area contributed by atoms with E-state index in [1.54, 1.807) is 24.3 Å². The van der Waals surface area contributed by atoms with Gasteiger partial charge in [0.05, 0.1) is 13.1 Å². The van der Waals surface area contributed by atoms with Crippen LogP contribution in [0.25, 0.3) is 6.08 Å². The van der Waals surface area contributed by atoms with Crippen LogP contribution in [0.2, 0.25) is 0 Å². The molecule has 26 heavy (non-hydrogen) atoms. The number of methoxy groups -OCH3 is 1. The first-order valence-corrected chi connectivity index (χ1v) is 8.47. The summed E-state index contributed by atoms with van der Waals surface area (Å²) in [5.74, 6) is -0.00567. The monoisotopic (exact) mass is 369 g/mol. The Hall–Kier alpha value is -1.50. The summed E-state index contributed by atoms with van der Waals surface area (Å²) in [5, 5.41) is 13.6. The van der Waals surface area contributed by atoms with Crippen molar-refractivity contribution in [1.82, 2.24) is 5.32 Å². The Morgan fingerprint density at radius 1 is 1.23 bits per heavy atom. The molecule has 7 heteroatoms. The first-order chi connectivity index (χ1) is 12.0. The zero-order valence-electron chi connectivity index (χ0n) is 15.6. The number of benzene rings is 1. The number of carboxylic acid groups (broad SMARTS) is 1. The molecule has 0 bridgehead atoms. The Morgan fingerprint density at radius 2 is 1.92 bits per heavy atom. The SMILES string of the molecule is COc1ccc(C=CC(=O)NC2CCC(C)CC2)cc1OCC(=O)[O-].[Na+]. The fourth-order valence-corrected chi connectivity index (χ4v) is 2.87. The Morgan fingerprint density at radius 3 is 2.54 bits per heavy atom. The Bertz CT molecular complexity index is 639. The molecule has 0 atom stereocenters. The summed E-state index contributed by atoms with van der Waals surface area (Å²) in [5.41, 5.74) is 0.710. The van der Waals surface area contributed by atoms with Crippen LogP contribution < -0.4 is 49.5 Å². The van der Waals surface area contributed by atoms with Gasteiger partial charge in [-0.1, -0.05) is 13.0 Å². The van der Waals surface area contributed by atoms with Crippen LogP contribution >= 0.6 is 0 Å². The molecule has 0 unspecified atom stereocenters. The third kappa shape index (κ3) is 7.40. The molecule has 1 amide bonds. The van der Waals surface area contributed by atoms with E-state index in [4.69, 9.17) is 9.47 Å². The van der Waals surface area contributed by atoms with Gasteiger partial charge in [0.1, 0.15) is 6.61 Å². The zero-order valence-corrected chi connectivity index (χ0v) is 17.6. The van der Waals surface area contributed by atoms with E-state index in [2.05, 4.69) is 12.2 Å². The molecule has 0 saturated heterocycles. The van der Waals surface area contributed by atoms with Crippen LogP contribution in [0, 0.1) is 5.92 Å². The number of rotatable bonds is 7. The van der Waals surface area contributed by atoms with Crippen LogP contribution in [0.1, 0.15) is 38.2 Å². The molecule has 1 aromatic rings. The summed E-state index contributed by atoms with van der Waals surface area (Å²) in [6, 6.07) is 5.28. The molecule has 0 radical (unpaired) electrons. The van der Waals surface area contributed by atoms with Gasteiger partial charge < -0.3 is 24.7 Å². The van der Waals surface area contributed by atoms with Gasteiger partial charge in [-0.25, -0.2) is 0 Å². The predicted octanol–water partition coefficient (Wildman–Crippen LogP) is -1.46. The van der Waals surface area contributed by atoms with Crippen LogP contribution in [-0.4, -0.2) is 31.6 Å². The van der Waals surface area contributed by atoms with E-state index in [0.29, 0.717) is 11.3 Å². The van der Waals surface area contributed by atoms with Gasteiger partial charge in [-0.2, -0.15) is 0 Å². The smallest absolute Gasteiger partial charge is 0.546 e. The Balaban J connectivity index is 0.00000338. The van der Waals surface area contributed by atoms with Gasteiger partial charge in [-0.05, 0) is 55.4 Å². The fourth-order valence-electron chi connectivity index (χ4n) is 2.87. The van der Waals surface area contributed by atoms with Gasteiger partial charge in [-0.15, -0.1) is 0 Å². The molecule has 6 nitrogen and oxygen atoms in total. The average Bonchev–Trinajstić information content (AvgIpc) is 2.60. The minimum atomic E-state index is -1.32. The van der Waals surface area contributed by atoms with Crippen LogP contribution in [0.15, 0.2) is 24.3 Å². The second-order valence-corrected chi connectivity index (χ2v) is 6.37. The normalized spacial score (nSPS) is 19.5. The van der Waals surface area contributed by atoms with Crippen LogP contribution in [0.3, 0.4) is 0 Å². The minimum Gasteiger partial charge on any atom is -0.546 e. The van der Waals surface area contributed by atoms with Gasteiger partial charge in [-0.3, -0.25) is 4.79 Å². The summed E-state index contributed by atoms with van der Waals surface area (Å²) in [6.07, 6.45) is 7.46. The van der Waals surface area contributed by atoms with Gasteiger partial charge in [0.15, 0.2) is 11.5 Å². The molecule has 2 rings (SSSR count). The number of carbonyl (C=O) groups is 2. The summed E-state index contributed by atoms with van der Waals surface area (Å²) < 4.78 is 10.3. The van der Waals surface area contributed by atoms with Gasteiger partial charge in [0.2, 0.25) is 5.91 Å². The third-order valence-corrected chi connectivity index (χ3v) is 4.32. The van der Waals surface area contributed by atoms with Crippen molar-refractivity contribution in [2.24, 2.45) is 5.92 Å². The van der Waals surface area contributed by atoms with Gasteiger partial charge in [0.25, 0.3) is 0 Å². The second-order valence-electron chi connectivity index (χ2n) is 6.37.